The maximum Gasteiger partial charge on any atom is 0.310 e. The Morgan fingerprint density at radius 1 is 0.778 bits per heavy atom. The number of rotatable bonds is 6. The number of ether oxygens (including phenoxy) is 4. The van der Waals surface area contributed by atoms with E-state index in [0.29, 0.717) is 5.92 Å². The van der Waals surface area contributed by atoms with Gasteiger partial charge in [-0.05, 0) is 116 Å². The number of carbonyl (C=O) groups is 1. The molecule has 0 radical (unpaired) electrons. The molecule has 0 aromatic carbocycles. The second-order valence-electron chi connectivity index (χ2n) is 20.7. The van der Waals surface area contributed by atoms with Crippen LogP contribution in [-0.2, 0) is 23.7 Å². The quantitative estimate of drug-likeness (QED) is 0.153. The standard InChI is InChI=1S/C42H68O12/c1-21-28(44)31(47)33(54-34-32(48)30(46)29(45)24(20-43)52-34)35(51-21)53-27-12-13-39(6)25(38(27,4)5)11-14-41(8)26(39)10-9-22-23-19-37(2,3)15-17-42(23,36(49)50)18-16-40(22,41)7/h9,21,23-35,43-48H,10-20H2,1-8H3,(H,49,50). The van der Waals surface area contributed by atoms with Crippen LogP contribution in [0, 0.1) is 50.2 Å². The summed E-state index contributed by atoms with van der Waals surface area (Å²) in [5.41, 5.74) is 0.419. The first-order valence-electron chi connectivity index (χ1n) is 20.6. The third kappa shape index (κ3) is 5.93. The van der Waals surface area contributed by atoms with Crippen molar-refractivity contribution in [1.29, 1.82) is 0 Å². The second-order valence-corrected chi connectivity index (χ2v) is 20.7. The van der Waals surface area contributed by atoms with Crippen molar-refractivity contribution in [3.63, 3.8) is 0 Å². The summed E-state index contributed by atoms with van der Waals surface area (Å²) in [4.78, 5) is 13.1. The number of aliphatic hydroxyl groups excluding tert-OH is 6. The van der Waals surface area contributed by atoms with Crippen LogP contribution < -0.4 is 0 Å². The first-order chi connectivity index (χ1) is 25.1. The lowest BCUT2D eigenvalue weighted by Gasteiger charge is -2.71. The maximum atomic E-state index is 13.1. The molecule has 12 heteroatoms. The topological polar surface area (TPSA) is 196 Å². The number of carboxylic acid groups (broad SMARTS) is 1. The van der Waals surface area contributed by atoms with Gasteiger partial charge in [0.2, 0.25) is 0 Å². The normalized spacial score (nSPS) is 53.9. The van der Waals surface area contributed by atoms with Gasteiger partial charge < -0.3 is 54.7 Å². The molecule has 12 nitrogen and oxygen atoms in total. The Balaban J connectivity index is 1.14. The van der Waals surface area contributed by atoms with Gasteiger partial charge in [-0.25, -0.2) is 0 Å². The van der Waals surface area contributed by atoms with E-state index < -0.39 is 79.4 Å². The van der Waals surface area contributed by atoms with Gasteiger partial charge in [0.15, 0.2) is 12.6 Å². The summed E-state index contributed by atoms with van der Waals surface area (Å²) in [6, 6.07) is 0. The van der Waals surface area contributed by atoms with Crippen LogP contribution in [0.2, 0.25) is 0 Å². The highest BCUT2D eigenvalue weighted by Gasteiger charge is 2.69. The summed E-state index contributed by atoms with van der Waals surface area (Å²) in [6.45, 7) is 17.6. The summed E-state index contributed by atoms with van der Waals surface area (Å²) < 4.78 is 24.6. The van der Waals surface area contributed by atoms with Gasteiger partial charge in [0.05, 0.1) is 24.2 Å². The minimum atomic E-state index is -1.70. The van der Waals surface area contributed by atoms with E-state index in [1.807, 2.05) is 0 Å². The van der Waals surface area contributed by atoms with Crippen molar-refractivity contribution in [2.45, 2.75) is 187 Å². The molecule has 0 aromatic heterocycles. The third-order valence-electron chi connectivity index (χ3n) is 17.2. The monoisotopic (exact) mass is 764 g/mol. The van der Waals surface area contributed by atoms with Gasteiger partial charge in [0.1, 0.15) is 42.7 Å². The van der Waals surface area contributed by atoms with Crippen LogP contribution in [0.15, 0.2) is 11.6 Å². The van der Waals surface area contributed by atoms with Gasteiger partial charge in [0, 0.05) is 0 Å². The molecule has 7 N–H and O–H groups in total. The number of hydrogen-bond acceptors (Lipinski definition) is 11. The Morgan fingerprint density at radius 3 is 2.13 bits per heavy atom. The van der Waals surface area contributed by atoms with E-state index in [-0.39, 0.29) is 45.0 Å². The van der Waals surface area contributed by atoms with E-state index in [9.17, 15) is 40.5 Å². The molecule has 0 bridgehead atoms. The Morgan fingerprint density at radius 2 is 1.46 bits per heavy atom. The summed E-state index contributed by atoms with van der Waals surface area (Å²) in [5, 5.41) is 74.0. The summed E-state index contributed by atoms with van der Waals surface area (Å²) in [5.74, 6) is 0.133. The van der Waals surface area contributed by atoms with Crippen molar-refractivity contribution in [1.82, 2.24) is 0 Å². The maximum absolute atomic E-state index is 13.1. The molecule has 5 aliphatic carbocycles. The van der Waals surface area contributed by atoms with Gasteiger partial charge in [-0.15, -0.1) is 0 Å². The Labute approximate surface area is 320 Å². The minimum absolute atomic E-state index is 0.00482. The fraction of sp³-hybridized carbons (Fsp3) is 0.929. The van der Waals surface area contributed by atoms with Crippen LogP contribution in [0.3, 0.4) is 0 Å². The zero-order valence-electron chi connectivity index (χ0n) is 33.6. The van der Waals surface area contributed by atoms with Crippen LogP contribution in [0.1, 0.15) is 120 Å². The molecule has 2 heterocycles. The number of fused-ring (bicyclic) bond motifs is 7. The molecule has 2 aliphatic heterocycles. The summed E-state index contributed by atoms with van der Waals surface area (Å²) in [6.07, 6.45) is -2.74. The number of aliphatic carboxylic acids is 1. The number of carboxylic acids is 1. The Bertz CT molecular complexity index is 1460. The van der Waals surface area contributed by atoms with E-state index in [1.54, 1.807) is 6.92 Å². The highest BCUT2D eigenvalue weighted by Crippen LogP contribution is 2.76. The molecule has 0 amide bonds. The number of allylic oxidation sites excluding steroid dienone is 2. The zero-order valence-corrected chi connectivity index (χ0v) is 33.6. The summed E-state index contributed by atoms with van der Waals surface area (Å²) >= 11 is 0. The molecular formula is C42H68O12. The number of aliphatic hydroxyl groups is 6. The van der Waals surface area contributed by atoms with Gasteiger partial charge >= 0.3 is 5.97 Å². The van der Waals surface area contributed by atoms with E-state index >= 15 is 0 Å². The lowest BCUT2D eigenvalue weighted by molar-refractivity contribution is -0.375. The lowest BCUT2D eigenvalue weighted by Crippen LogP contribution is -2.66. The molecule has 18 atom stereocenters. The SMILES string of the molecule is CC1OC(OC2CCC3(C)C(CCC4(C)C3CC=C3C5CC(C)(C)CCC5(C(=O)O)CCC34C)C2(C)C)C(OC2OC(CO)C(O)C(O)C2O)C(O)C1O. The number of hydrogen-bond donors (Lipinski definition) is 7. The third-order valence-corrected chi connectivity index (χ3v) is 17.2. The molecule has 0 spiro atoms. The average Bonchev–Trinajstić information content (AvgIpc) is 3.10. The highest BCUT2D eigenvalue weighted by molar-refractivity contribution is 5.76. The predicted molar refractivity (Wildman–Crippen MR) is 197 cm³/mol. The van der Waals surface area contributed by atoms with Crippen LogP contribution in [0.4, 0.5) is 0 Å². The van der Waals surface area contributed by atoms with Crippen molar-refractivity contribution >= 4 is 5.97 Å². The fourth-order valence-electron chi connectivity index (χ4n) is 13.6. The van der Waals surface area contributed by atoms with Crippen molar-refractivity contribution in [3.05, 3.63) is 11.6 Å². The Kier molecular flexibility index (Phi) is 10.4. The fourth-order valence-corrected chi connectivity index (χ4v) is 13.6. The average molecular weight is 765 g/mol. The molecule has 308 valence electrons. The van der Waals surface area contributed by atoms with E-state index in [1.165, 1.54) is 5.57 Å². The smallest absolute Gasteiger partial charge is 0.310 e. The molecule has 18 unspecified atom stereocenters. The van der Waals surface area contributed by atoms with Gasteiger partial charge in [-0.1, -0.05) is 60.1 Å². The van der Waals surface area contributed by atoms with Crippen LogP contribution in [0.25, 0.3) is 0 Å². The van der Waals surface area contributed by atoms with Crippen molar-refractivity contribution in [2.24, 2.45) is 50.2 Å². The lowest BCUT2D eigenvalue weighted by atomic mass is 9.33. The predicted octanol–water partition coefficient (Wildman–Crippen LogP) is 3.91. The van der Waals surface area contributed by atoms with Gasteiger partial charge in [0.25, 0.3) is 0 Å². The molecule has 2 saturated heterocycles. The zero-order chi connectivity index (χ0) is 39.6. The van der Waals surface area contributed by atoms with Crippen molar-refractivity contribution in [2.75, 3.05) is 6.61 Å². The van der Waals surface area contributed by atoms with Gasteiger partial charge in [-0.2, -0.15) is 0 Å². The molecule has 4 saturated carbocycles. The van der Waals surface area contributed by atoms with Crippen molar-refractivity contribution in [3.8, 4) is 0 Å². The molecule has 7 rings (SSSR count). The van der Waals surface area contributed by atoms with Gasteiger partial charge in [-0.3, -0.25) is 4.79 Å². The molecule has 54 heavy (non-hydrogen) atoms. The van der Waals surface area contributed by atoms with Crippen LogP contribution >= 0.6 is 0 Å². The Hall–Kier alpha value is -1.19. The molecule has 7 aliphatic rings. The molecule has 0 aromatic rings. The summed E-state index contributed by atoms with van der Waals surface area (Å²) in [7, 11) is 0. The van der Waals surface area contributed by atoms with E-state index in [0.717, 1.165) is 64.2 Å². The molecule has 6 fully saturated rings. The van der Waals surface area contributed by atoms with Crippen molar-refractivity contribution < 1.29 is 59.5 Å². The highest BCUT2D eigenvalue weighted by atomic mass is 16.8. The second kappa shape index (κ2) is 13.7. The van der Waals surface area contributed by atoms with E-state index in [2.05, 4.69) is 54.5 Å². The minimum Gasteiger partial charge on any atom is -0.481 e. The first kappa shape index (κ1) is 41.0. The first-order valence-corrected chi connectivity index (χ1v) is 20.6. The van der Waals surface area contributed by atoms with E-state index in [4.69, 9.17) is 18.9 Å². The van der Waals surface area contributed by atoms with Crippen LogP contribution in [0.5, 0.6) is 0 Å². The largest absolute Gasteiger partial charge is 0.481 e. The van der Waals surface area contributed by atoms with Crippen LogP contribution in [-0.4, -0.2) is 116 Å². The molecular weight excluding hydrogens is 696 g/mol.